The highest BCUT2D eigenvalue weighted by Gasteiger charge is 2.18. The van der Waals surface area contributed by atoms with Gasteiger partial charge >= 0.3 is 0 Å². The van der Waals surface area contributed by atoms with Crippen molar-refractivity contribution in [2.24, 2.45) is 0 Å². The van der Waals surface area contributed by atoms with Crippen LogP contribution in [0.5, 0.6) is 5.75 Å². The molecule has 0 fully saturated rings. The molecule has 0 bridgehead atoms. The zero-order chi connectivity index (χ0) is 17.6. The average Bonchev–Trinajstić information content (AvgIpc) is 3.11. The van der Waals surface area contributed by atoms with Crippen molar-refractivity contribution in [2.45, 2.75) is 32.4 Å². The molecule has 3 rings (SSSR count). The Balaban J connectivity index is 1.66. The molecule has 0 unspecified atom stereocenters. The third-order valence-electron chi connectivity index (χ3n) is 4.17. The molecule has 25 heavy (non-hydrogen) atoms. The van der Waals surface area contributed by atoms with Crippen LogP contribution in [0.1, 0.15) is 48.8 Å². The van der Waals surface area contributed by atoms with Crippen LogP contribution in [0.3, 0.4) is 0 Å². The van der Waals surface area contributed by atoms with Crippen LogP contribution in [0.2, 0.25) is 0 Å². The third kappa shape index (κ3) is 4.25. The number of hydrogen-bond acceptors (Lipinski definition) is 5. The molecule has 5 nitrogen and oxygen atoms in total. The van der Waals surface area contributed by atoms with E-state index in [9.17, 15) is 0 Å². The van der Waals surface area contributed by atoms with E-state index in [1.54, 1.807) is 7.11 Å². The van der Waals surface area contributed by atoms with Gasteiger partial charge in [0, 0.05) is 11.6 Å². The van der Waals surface area contributed by atoms with E-state index in [4.69, 9.17) is 9.26 Å². The van der Waals surface area contributed by atoms with Crippen LogP contribution in [0, 0.1) is 0 Å². The summed E-state index contributed by atoms with van der Waals surface area (Å²) in [4.78, 5) is 4.52. The topological polar surface area (TPSA) is 60.2 Å². The normalized spacial score (nSPS) is 13.4. The van der Waals surface area contributed by atoms with E-state index in [1.165, 1.54) is 0 Å². The van der Waals surface area contributed by atoms with Gasteiger partial charge < -0.3 is 14.6 Å². The van der Waals surface area contributed by atoms with Gasteiger partial charge in [-0.15, -0.1) is 0 Å². The standard InChI is InChI=1S/C20H23N3O2/c1-14(17-11-7-8-12-18(17)24-3)21-15(2)20-22-19(25-23-20)13-16-9-5-4-6-10-16/h4-12,14-15,21H,13H2,1-3H3/t14-,15-/m1/s1. The minimum Gasteiger partial charge on any atom is -0.496 e. The number of rotatable bonds is 7. The van der Waals surface area contributed by atoms with Gasteiger partial charge in [-0.3, -0.25) is 0 Å². The van der Waals surface area contributed by atoms with Gasteiger partial charge in [-0.25, -0.2) is 0 Å². The summed E-state index contributed by atoms with van der Waals surface area (Å²) >= 11 is 0. The number of benzene rings is 2. The highest BCUT2D eigenvalue weighted by atomic mass is 16.5. The van der Waals surface area contributed by atoms with Crippen LogP contribution < -0.4 is 10.1 Å². The quantitative estimate of drug-likeness (QED) is 0.704. The van der Waals surface area contributed by atoms with Crippen molar-refractivity contribution in [3.63, 3.8) is 0 Å². The maximum Gasteiger partial charge on any atom is 0.231 e. The molecule has 1 heterocycles. The Bertz CT molecular complexity index is 801. The fraction of sp³-hybridized carbons (Fsp3) is 0.300. The molecule has 2 atom stereocenters. The summed E-state index contributed by atoms with van der Waals surface area (Å²) in [5.74, 6) is 2.15. The second kappa shape index (κ2) is 7.94. The molecule has 0 aliphatic heterocycles. The molecule has 0 saturated heterocycles. The minimum absolute atomic E-state index is 0.0341. The Morgan fingerprint density at radius 3 is 2.48 bits per heavy atom. The van der Waals surface area contributed by atoms with Crippen LogP contribution in [-0.4, -0.2) is 17.3 Å². The van der Waals surface area contributed by atoms with Gasteiger partial charge in [0.05, 0.1) is 19.6 Å². The Hall–Kier alpha value is -2.66. The van der Waals surface area contributed by atoms with Gasteiger partial charge in [-0.05, 0) is 25.5 Å². The molecular formula is C20H23N3O2. The predicted molar refractivity (Wildman–Crippen MR) is 96.5 cm³/mol. The lowest BCUT2D eigenvalue weighted by atomic mass is 10.1. The van der Waals surface area contributed by atoms with Crippen molar-refractivity contribution in [1.29, 1.82) is 0 Å². The summed E-state index contributed by atoms with van der Waals surface area (Å²) in [6.07, 6.45) is 0.641. The van der Waals surface area contributed by atoms with E-state index in [-0.39, 0.29) is 12.1 Å². The first-order valence-corrected chi connectivity index (χ1v) is 8.42. The molecule has 0 spiro atoms. The van der Waals surface area contributed by atoms with E-state index in [0.717, 1.165) is 16.9 Å². The third-order valence-corrected chi connectivity index (χ3v) is 4.17. The maximum absolute atomic E-state index is 5.43. The van der Waals surface area contributed by atoms with Gasteiger partial charge in [0.2, 0.25) is 5.89 Å². The largest absolute Gasteiger partial charge is 0.496 e. The lowest BCUT2D eigenvalue weighted by molar-refractivity contribution is 0.366. The number of methoxy groups -OCH3 is 1. The monoisotopic (exact) mass is 337 g/mol. The molecule has 3 aromatic rings. The van der Waals surface area contributed by atoms with E-state index in [2.05, 4.69) is 40.6 Å². The van der Waals surface area contributed by atoms with Crippen molar-refractivity contribution in [3.05, 3.63) is 77.4 Å². The zero-order valence-corrected chi connectivity index (χ0v) is 14.8. The van der Waals surface area contributed by atoms with Crippen LogP contribution in [0.4, 0.5) is 0 Å². The highest BCUT2D eigenvalue weighted by molar-refractivity contribution is 5.35. The van der Waals surface area contributed by atoms with Crippen molar-refractivity contribution >= 4 is 0 Å². The minimum atomic E-state index is -0.0341. The lowest BCUT2D eigenvalue weighted by Crippen LogP contribution is -2.23. The van der Waals surface area contributed by atoms with E-state index in [0.29, 0.717) is 18.1 Å². The van der Waals surface area contributed by atoms with Gasteiger partial charge in [0.15, 0.2) is 5.82 Å². The molecule has 130 valence electrons. The molecule has 0 saturated carbocycles. The highest BCUT2D eigenvalue weighted by Crippen LogP contribution is 2.26. The predicted octanol–water partition coefficient (Wildman–Crippen LogP) is 4.08. The molecular weight excluding hydrogens is 314 g/mol. The number of ether oxygens (including phenoxy) is 1. The molecule has 0 amide bonds. The number of nitrogens with one attached hydrogen (secondary N) is 1. The van der Waals surface area contributed by atoms with Crippen molar-refractivity contribution < 1.29 is 9.26 Å². The number of hydrogen-bond donors (Lipinski definition) is 1. The average molecular weight is 337 g/mol. The molecule has 0 aliphatic carbocycles. The van der Waals surface area contributed by atoms with E-state index < -0.39 is 0 Å². The number of nitrogens with zero attached hydrogens (tertiary/aromatic N) is 2. The molecule has 1 N–H and O–H groups in total. The van der Waals surface area contributed by atoms with Crippen molar-refractivity contribution in [3.8, 4) is 5.75 Å². The first kappa shape index (κ1) is 17.2. The Kier molecular flexibility index (Phi) is 5.46. The summed E-state index contributed by atoms with van der Waals surface area (Å²) < 4.78 is 10.8. The van der Waals surface area contributed by atoms with Crippen LogP contribution in [0.15, 0.2) is 59.1 Å². The van der Waals surface area contributed by atoms with Gasteiger partial charge in [-0.2, -0.15) is 4.98 Å². The van der Waals surface area contributed by atoms with E-state index in [1.807, 2.05) is 43.3 Å². The molecule has 2 aromatic carbocycles. The zero-order valence-electron chi connectivity index (χ0n) is 14.8. The SMILES string of the molecule is COc1ccccc1[C@@H](C)N[C@H](C)c1noc(Cc2ccccc2)n1. The number of para-hydroxylation sites is 1. The summed E-state index contributed by atoms with van der Waals surface area (Å²) in [7, 11) is 1.68. The summed E-state index contributed by atoms with van der Waals surface area (Å²) in [6, 6.07) is 18.2. The fourth-order valence-corrected chi connectivity index (χ4v) is 2.85. The van der Waals surface area contributed by atoms with Gasteiger partial charge in [0.1, 0.15) is 5.75 Å². The Morgan fingerprint density at radius 1 is 1.00 bits per heavy atom. The fourth-order valence-electron chi connectivity index (χ4n) is 2.85. The Morgan fingerprint density at radius 2 is 1.72 bits per heavy atom. The van der Waals surface area contributed by atoms with Gasteiger partial charge in [-0.1, -0.05) is 53.7 Å². The van der Waals surface area contributed by atoms with Gasteiger partial charge in [0.25, 0.3) is 0 Å². The van der Waals surface area contributed by atoms with Crippen LogP contribution in [0.25, 0.3) is 0 Å². The van der Waals surface area contributed by atoms with Crippen LogP contribution in [-0.2, 0) is 6.42 Å². The van der Waals surface area contributed by atoms with Crippen molar-refractivity contribution in [2.75, 3.05) is 7.11 Å². The Labute approximate surface area is 148 Å². The van der Waals surface area contributed by atoms with E-state index >= 15 is 0 Å². The molecule has 0 radical (unpaired) electrons. The second-order valence-corrected chi connectivity index (χ2v) is 6.06. The molecule has 5 heteroatoms. The summed E-state index contributed by atoms with van der Waals surface area (Å²) in [5.41, 5.74) is 2.26. The van der Waals surface area contributed by atoms with Crippen LogP contribution >= 0.6 is 0 Å². The second-order valence-electron chi connectivity index (χ2n) is 6.06. The molecule has 0 aliphatic rings. The maximum atomic E-state index is 5.43. The lowest BCUT2D eigenvalue weighted by Gasteiger charge is -2.20. The molecule has 1 aromatic heterocycles. The first-order chi connectivity index (χ1) is 12.2. The van der Waals surface area contributed by atoms with Crippen molar-refractivity contribution in [1.82, 2.24) is 15.5 Å². The summed E-state index contributed by atoms with van der Waals surface area (Å²) in [5, 5.41) is 7.62. The smallest absolute Gasteiger partial charge is 0.231 e. The summed E-state index contributed by atoms with van der Waals surface area (Å²) in [6.45, 7) is 4.13. The first-order valence-electron chi connectivity index (χ1n) is 8.42. The number of aromatic nitrogens is 2.